The summed E-state index contributed by atoms with van der Waals surface area (Å²) in [5.74, 6) is -1.06. The number of aliphatic hydroxyl groups excluding tert-OH is 1. The number of rotatable bonds is 8. The van der Waals surface area contributed by atoms with Crippen molar-refractivity contribution in [1.82, 2.24) is 0 Å². The van der Waals surface area contributed by atoms with Crippen molar-refractivity contribution in [2.75, 3.05) is 13.2 Å². The minimum atomic E-state index is -1.17. The summed E-state index contributed by atoms with van der Waals surface area (Å²) in [4.78, 5) is 10.8. The van der Waals surface area contributed by atoms with Crippen LogP contribution >= 0.6 is 0 Å². The minimum absolute atomic E-state index is 0.0630. The highest BCUT2D eigenvalue weighted by Gasteiger charge is 2.10. The number of benzene rings is 1. The quantitative estimate of drug-likeness (QED) is 0.642. The van der Waals surface area contributed by atoms with Crippen molar-refractivity contribution < 1.29 is 24.9 Å². The van der Waals surface area contributed by atoms with Gasteiger partial charge in [0.05, 0.1) is 6.61 Å². The molecule has 1 aromatic rings. The van der Waals surface area contributed by atoms with Gasteiger partial charge in [0.15, 0.2) is 0 Å². The van der Waals surface area contributed by atoms with Crippen LogP contribution in [0.25, 0.3) is 0 Å². The first-order valence-corrected chi connectivity index (χ1v) is 7.05. The Labute approximate surface area is 130 Å². The number of allylic oxidation sites excluding steroid dienone is 2. The zero-order valence-corrected chi connectivity index (χ0v) is 12.9. The van der Waals surface area contributed by atoms with Crippen molar-refractivity contribution in [3.8, 4) is 11.5 Å². The van der Waals surface area contributed by atoms with Gasteiger partial charge >= 0.3 is 5.97 Å². The molecule has 0 atom stereocenters. The van der Waals surface area contributed by atoms with Crippen molar-refractivity contribution in [2.45, 2.75) is 26.7 Å². The highest BCUT2D eigenvalue weighted by atomic mass is 16.5. The molecule has 0 radical (unpaired) electrons. The minimum Gasteiger partial charge on any atom is -0.507 e. The van der Waals surface area contributed by atoms with Crippen molar-refractivity contribution in [2.24, 2.45) is 0 Å². The predicted octanol–water partition coefficient (Wildman–Crippen LogP) is 3.13. The average Bonchev–Trinajstić information content (AvgIpc) is 2.45. The Morgan fingerprint density at radius 3 is 2.55 bits per heavy atom. The summed E-state index contributed by atoms with van der Waals surface area (Å²) in [7, 11) is 0. The molecule has 0 aliphatic heterocycles. The van der Waals surface area contributed by atoms with E-state index < -0.39 is 5.97 Å². The molecular formula is C17H22O5. The molecule has 0 heterocycles. The van der Waals surface area contributed by atoms with Gasteiger partial charge in [-0.1, -0.05) is 17.7 Å². The lowest BCUT2D eigenvalue weighted by atomic mass is 10.1. The average molecular weight is 306 g/mol. The van der Waals surface area contributed by atoms with Crippen molar-refractivity contribution in [1.29, 1.82) is 0 Å². The zero-order valence-electron chi connectivity index (χ0n) is 12.9. The van der Waals surface area contributed by atoms with E-state index in [1.807, 2.05) is 13.8 Å². The fraction of sp³-hybridized carbons (Fsp3) is 0.353. The molecule has 0 unspecified atom stereocenters. The Morgan fingerprint density at radius 2 is 1.95 bits per heavy atom. The standard InChI is InChI=1S/C17H22O5/c1-12(8-9-18)4-3-5-13(2)11-22-14-6-7-15(17(20)21)16(19)10-14/h5-8,10,18-19H,3-4,9,11H2,1-2H3,(H,20,21)/b12-8+,13-5+. The molecule has 3 N–H and O–H groups in total. The molecule has 1 rings (SSSR count). The third-order valence-electron chi connectivity index (χ3n) is 3.14. The van der Waals surface area contributed by atoms with Gasteiger partial charge in [0.25, 0.3) is 0 Å². The van der Waals surface area contributed by atoms with Crippen molar-refractivity contribution in [3.63, 3.8) is 0 Å². The van der Waals surface area contributed by atoms with Crippen LogP contribution in [0.5, 0.6) is 11.5 Å². The van der Waals surface area contributed by atoms with Gasteiger partial charge in [-0.25, -0.2) is 4.79 Å². The second kappa shape index (κ2) is 8.89. The third kappa shape index (κ3) is 6.01. The van der Waals surface area contributed by atoms with Crippen LogP contribution in [-0.4, -0.2) is 34.5 Å². The van der Waals surface area contributed by atoms with E-state index in [2.05, 4.69) is 6.08 Å². The molecule has 0 spiro atoms. The third-order valence-corrected chi connectivity index (χ3v) is 3.14. The van der Waals surface area contributed by atoms with Gasteiger partial charge in [0, 0.05) is 6.07 Å². The molecule has 120 valence electrons. The Morgan fingerprint density at radius 1 is 1.23 bits per heavy atom. The SMILES string of the molecule is C/C(=C\CO)CC/C=C(\C)COc1ccc(C(=O)O)c(O)c1. The smallest absolute Gasteiger partial charge is 0.339 e. The molecule has 0 bridgehead atoms. The Balaban J connectivity index is 2.50. The van der Waals surface area contributed by atoms with Crippen LogP contribution in [0.2, 0.25) is 0 Å². The van der Waals surface area contributed by atoms with Gasteiger partial charge in [-0.15, -0.1) is 0 Å². The summed E-state index contributed by atoms with van der Waals surface area (Å²) in [6, 6.07) is 4.13. The number of carbonyl (C=O) groups is 1. The summed E-state index contributed by atoms with van der Waals surface area (Å²) in [6.45, 7) is 4.35. The largest absolute Gasteiger partial charge is 0.507 e. The van der Waals surface area contributed by atoms with Gasteiger partial charge in [0.2, 0.25) is 0 Å². The van der Waals surface area contributed by atoms with Crippen LogP contribution in [0, 0.1) is 0 Å². The molecule has 22 heavy (non-hydrogen) atoms. The van der Waals surface area contributed by atoms with E-state index >= 15 is 0 Å². The van der Waals surface area contributed by atoms with Gasteiger partial charge in [-0.3, -0.25) is 0 Å². The first-order valence-electron chi connectivity index (χ1n) is 7.05. The van der Waals surface area contributed by atoms with Crippen LogP contribution in [0.1, 0.15) is 37.0 Å². The number of aromatic hydroxyl groups is 1. The van der Waals surface area contributed by atoms with Gasteiger partial charge < -0.3 is 20.1 Å². The second-order valence-electron chi connectivity index (χ2n) is 5.09. The second-order valence-corrected chi connectivity index (χ2v) is 5.09. The number of hydrogen-bond donors (Lipinski definition) is 3. The van der Waals surface area contributed by atoms with E-state index in [0.29, 0.717) is 12.4 Å². The summed E-state index contributed by atoms with van der Waals surface area (Å²) in [5.41, 5.74) is 2.03. The van der Waals surface area contributed by atoms with Crippen molar-refractivity contribution in [3.05, 3.63) is 47.1 Å². The summed E-state index contributed by atoms with van der Waals surface area (Å²) in [5, 5.41) is 27.2. The number of carboxylic acids is 1. The van der Waals surface area contributed by atoms with Gasteiger partial charge in [-0.2, -0.15) is 0 Å². The summed E-state index contributed by atoms with van der Waals surface area (Å²) < 4.78 is 5.51. The number of phenols is 1. The van der Waals surface area contributed by atoms with Crippen LogP contribution < -0.4 is 4.74 Å². The van der Waals surface area contributed by atoms with Crippen LogP contribution in [0.3, 0.4) is 0 Å². The van der Waals surface area contributed by atoms with E-state index in [0.717, 1.165) is 24.0 Å². The Bertz CT molecular complexity index is 572. The number of ether oxygens (including phenoxy) is 1. The highest BCUT2D eigenvalue weighted by molar-refractivity contribution is 5.90. The first-order chi connectivity index (χ1) is 10.4. The molecule has 5 nitrogen and oxygen atoms in total. The molecule has 0 amide bonds. The van der Waals surface area contributed by atoms with Crippen LogP contribution in [0.4, 0.5) is 0 Å². The maximum Gasteiger partial charge on any atom is 0.339 e. The lowest BCUT2D eigenvalue weighted by Gasteiger charge is -2.08. The Hall–Kier alpha value is -2.27. The van der Waals surface area contributed by atoms with Gasteiger partial charge in [0.1, 0.15) is 23.7 Å². The normalized spacial score (nSPS) is 12.3. The molecule has 5 heteroatoms. The van der Waals surface area contributed by atoms with E-state index in [1.54, 1.807) is 6.08 Å². The van der Waals surface area contributed by atoms with Crippen molar-refractivity contribution >= 4 is 5.97 Å². The number of carboxylic acid groups (broad SMARTS) is 1. The molecule has 0 fully saturated rings. The molecule has 1 aromatic carbocycles. The lowest BCUT2D eigenvalue weighted by molar-refractivity contribution is 0.0693. The first kappa shape index (κ1) is 17.8. The molecule has 0 aliphatic carbocycles. The van der Waals surface area contributed by atoms with E-state index in [9.17, 15) is 9.90 Å². The molecule has 0 saturated carbocycles. The zero-order chi connectivity index (χ0) is 16.5. The van der Waals surface area contributed by atoms with E-state index in [1.165, 1.54) is 18.2 Å². The lowest BCUT2D eigenvalue weighted by Crippen LogP contribution is -2.01. The summed E-state index contributed by atoms with van der Waals surface area (Å²) in [6.07, 6.45) is 5.58. The fourth-order valence-corrected chi connectivity index (χ4v) is 1.84. The maximum atomic E-state index is 10.8. The topological polar surface area (TPSA) is 87.0 Å². The van der Waals surface area contributed by atoms with Crippen LogP contribution in [0.15, 0.2) is 41.5 Å². The van der Waals surface area contributed by atoms with Crippen LogP contribution in [-0.2, 0) is 0 Å². The number of aromatic carboxylic acids is 1. The predicted molar refractivity (Wildman–Crippen MR) is 84.4 cm³/mol. The Kier molecular flexibility index (Phi) is 7.19. The fourth-order valence-electron chi connectivity index (χ4n) is 1.84. The van der Waals surface area contributed by atoms with E-state index in [4.69, 9.17) is 14.9 Å². The monoisotopic (exact) mass is 306 g/mol. The molecular weight excluding hydrogens is 284 g/mol. The molecule has 0 saturated heterocycles. The van der Waals surface area contributed by atoms with E-state index in [-0.39, 0.29) is 17.9 Å². The molecule has 0 aliphatic rings. The summed E-state index contributed by atoms with van der Waals surface area (Å²) >= 11 is 0. The number of aliphatic hydroxyl groups is 1. The highest BCUT2D eigenvalue weighted by Crippen LogP contribution is 2.23. The number of hydrogen-bond acceptors (Lipinski definition) is 4. The van der Waals surface area contributed by atoms with Gasteiger partial charge in [-0.05, 0) is 44.4 Å². The maximum absolute atomic E-state index is 10.8. The molecule has 0 aromatic heterocycles.